The van der Waals surface area contributed by atoms with E-state index in [1.807, 2.05) is 33.9 Å². The normalized spacial score (nSPS) is 17.2. The molecule has 3 aromatic heterocycles. The molecule has 0 radical (unpaired) electrons. The van der Waals surface area contributed by atoms with Gasteiger partial charge in [0.25, 0.3) is 5.91 Å². The molecule has 204 valence electrons. The number of hydrogen-bond donors (Lipinski definition) is 2. The summed E-state index contributed by atoms with van der Waals surface area (Å²) < 4.78 is 1.86. The van der Waals surface area contributed by atoms with E-state index in [-0.39, 0.29) is 17.9 Å². The summed E-state index contributed by atoms with van der Waals surface area (Å²) in [4.78, 5) is 42.5. The van der Waals surface area contributed by atoms with Crippen LogP contribution in [0.1, 0.15) is 35.7 Å². The molecule has 1 aliphatic heterocycles. The first-order valence-corrected chi connectivity index (χ1v) is 13.4. The number of carbonyl (C=O) groups is 2. The standard InChI is InChI=1S/C29H31N9O2/c1-36(21-11-12-21)15-4-6-24(39)37-16-13-22(17-37)38-28-25(27(30)32-18-33-28)26(35-38)19-7-9-20(10-8-19)29(40)34-23-5-2-3-14-31-23/h2-10,14,18,21-22H,11-13,15-17H2,1H3,(H2,30,32,33)(H,31,34,40)/t22-/m1/s1. The first-order valence-electron chi connectivity index (χ1n) is 13.4. The van der Waals surface area contributed by atoms with E-state index in [0.29, 0.717) is 53.1 Å². The monoisotopic (exact) mass is 537 g/mol. The fraction of sp³-hybridized carbons (Fsp3) is 0.310. The zero-order chi connectivity index (χ0) is 27.6. The predicted octanol–water partition coefficient (Wildman–Crippen LogP) is 3.15. The average molecular weight is 538 g/mol. The van der Waals surface area contributed by atoms with Gasteiger partial charge < -0.3 is 16.0 Å². The maximum absolute atomic E-state index is 12.8. The van der Waals surface area contributed by atoms with Crippen LogP contribution in [-0.4, -0.2) is 79.1 Å². The molecule has 1 atom stereocenters. The summed E-state index contributed by atoms with van der Waals surface area (Å²) in [5, 5.41) is 8.35. The van der Waals surface area contributed by atoms with E-state index in [2.05, 4.69) is 32.2 Å². The third kappa shape index (κ3) is 5.28. The number of benzene rings is 1. The SMILES string of the molecule is CN(CC=CC(=O)N1CC[C@@H](n2nc(-c3ccc(C(=O)Nc4ccccn4)cc3)c3c(N)ncnc32)C1)C1CC1. The number of hydrogen-bond acceptors (Lipinski definition) is 8. The summed E-state index contributed by atoms with van der Waals surface area (Å²) in [6.45, 7) is 1.96. The average Bonchev–Trinajstić information content (AvgIpc) is 3.58. The van der Waals surface area contributed by atoms with Crippen molar-refractivity contribution >= 4 is 34.5 Å². The number of nitrogens with zero attached hydrogens (tertiary/aromatic N) is 7. The lowest BCUT2D eigenvalue weighted by atomic mass is 10.1. The molecule has 0 unspecified atom stereocenters. The van der Waals surface area contributed by atoms with Crippen LogP contribution in [0.4, 0.5) is 11.6 Å². The van der Waals surface area contributed by atoms with Crippen molar-refractivity contribution in [1.29, 1.82) is 0 Å². The number of pyridine rings is 1. The van der Waals surface area contributed by atoms with Gasteiger partial charge in [0, 0.05) is 49.1 Å². The molecule has 4 heterocycles. The van der Waals surface area contributed by atoms with Crippen molar-refractivity contribution in [2.75, 3.05) is 37.7 Å². The van der Waals surface area contributed by atoms with Crippen LogP contribution < -0.4 is 11.1 Å². The Morgan fingerprint density at radius 2 is 1.93 bits per heavy atom. The molecular weight excluding hydrogens is 506 g/mol. The molecule has 2 fully saturated rings. The third-order valence-corrected chi connectivity index (χ3v) is 7.49. The van der Waals surface area contributed by atoms with Crippen molar-refractivity contribution in [3.05, 3.63) is 72.7 Å². The van der Waals surface area contributed by atoms with E-state index in [1.165, 1.54) is 19.2 Å². The highest BCUT2D eigenvalue weighted by Gasteiger charge is 2.30. The van der Waals surface area contributed by atoms with Gasteiger partial charge in [-0.1, -0.05) is 24.3 Å². The van der Waals surface area contributed by atoms with Crippen molar-refractivity contribution in [3.8, 4) is 11.3 Å². The van der Waals surface area contributed by atoms with E-state index in [0.717, 1.165) is 18.5 Å². The number of likely N-dealkylation sites (tertiary alicyclic amines) is 1. The van der Waals surface area contributed by atoms with E-state index in [4.69, 9.17) is 10.8 Å². The number of amides is 2. The minimum atomic E-state index is -0.257. The van der Waals surface area contributed by atoms with Gasteiger partial charge in [0.05, 0.1) is 11.4 Å². The first-order chi connectivity index (χ1) is 19.5. The number of anilines is 2. The number of nitrogen functional groups attached to an aromatic ring is 1. The molecule has 2 amide bonds. The van der Waals surface area contributed by atoms with Gasteiger partial charge in [-0.3, -0.25) is 14.5 Å². The van der Waals surface area contributed by atoms with Gasteiger partial charge in [-0.25, -0.2) is 19.6 Å². The molecule has 1 aliphatic carbocycles. The molecule has 11 nitrogen and oxygen atoms in total. The van der Waals surface area contributed by atoms with Crippen LogP contribution in [-0.2, 0) is 4.79 Å². The second-order valence-electron chi connectivity index (χ2n) is 10.3. The molecule has 1 saturated heterocycles. The van der Waals surface area contributed by atoms with Crippen LogP contribution in [0.3, 0.4) is 0 Å². The van der Waals surface area contributed by atoms with Gasteiger partial charge in [0.15, 0.2) is 5.65 Å². The Morgan fingerprint density at radius 3 is 2.67 bits per heavy atom. The van der Waals surface area contributed by atoms with Crippen LogP contribution in [0.2, 0.25) is 0 Å². The third-order valence-electron chi connectivity index (χ3n) is 7.49. The number of fused-ring (bicyclic) bond motifs is 1. The molecule has 11 heteroatoms. The van der Waals surface area contributed by atoms with Gasteiger partial charge in [-0.05, 0) is 50.6 Å². The first kappa shape index (κ1) is 25.6. The van der Waals surface area contributed by atoms with Gasteiger partial charge in [0.2, 0.25) is 5.91 Å². The second kappa shape index (κ2) is 10.9. The summed E-state index contributed by atoms with van der Waals surface area (Å²) in [6, 6.07) is 13.1. The van der Waals surface area contributed by atoms with Crippen molar-refractivity contribution in [2.24, 2.45) is 0 Å². The minimum absolute atomic E-state index is 0.0112. The van der Waals surface area contributed by atoms with E-state index in [1.54, 1.807) is 36.5 Å². The molecule has 3 N–H and O–H groups in total. The largest absolute Gasteiger partial charge is 0.383 e. The van der Waals surface area contributed by atoms with Crippen LogP contribution >= 0.6 is 0 Å². The van der Waals surface area contributed by atoms with Crippen LogP contribution in [0, 0.1) is 0 Å². The maximum Gasteiger partial charge on any atom is 0.256 e. The number of nitrogens with two attached hydrogens (primary N) is 1. The number of rotatable bonds is 8. The summed E-state index contributed by atoms with van der Waals surface area (Å²) in [6.07, 6.45) is 9.92. The Hall–Kier alpha value is -4.64. The number of likely N-dealkylation sites (N-methyl/N-ethyl adjacent to an activating group) is 1. The van der Waals surface area contributed by atoms with E-state index < -0.39 is 0 Å². The summed E-state index contributed by atoms with van der Waals surface area (Å²) in [5.74, 6) is 0.567. The Kier molecular flexibility index (Phi) is 6.95. The minimum Gasteiger partial charge on any atom is -0.383 e. The van der Waals surface area contributed by atoms with Crippen molar-refractivity contribution in [3.63, 3.8) is 0 Å². The summed E-state index contributed by atoms with van der Waals surface area (Å²) in [7, 11) is 2.09. The molecule has 2 aliphatic rings. The lowest BCUT2D eigenvalue weighted by molar-refractivity contribution is -0.125. The molecule has 1 saturated carbocycles. The summed E-state index contributed by atoms with van der Waals surface area (Å²) in [5.41, 5.74) is 8.83. The van der Waals surface area contributed by atoms with Crippen molar-refractivity contribution in [1.82, 2.24) is 34.5 Å². The van der Waals surface area contributed by atoms with Gasteiger partial charge in [0.1, 0.15) is 23.7 Å². The smallest absolute Gasteiger partial charge is 0.256 e. The highest BCUT2D eigenvalue weighted by Crippen LogP contribution is 2.34. The number of nitrogens with one attached hydrogen (secondary N) is 1. The Morgan fingerprint density at radius 1 is 1.10 bits per heavy atom. The predicted molar refractivity (Wildman–Crippen MR) is 152 cm³/mol. The quantitative estimate of drug-likeness (QED) is 0.327. The van der Waals surface area contributed by atoms with Gasteiger partial charge in [-0.2, -0.15) is 5.10 Å². The maximum atomic E-state index is 12.8. The van der Waals surface area contributed by atoms with Crippen LogP contribution in [0.5, 0.6) is 0 Å². The molecule has 40 heavy (non-hydrogen) atoms. The molecule has 1 aromatic carbocycles. The Bertz CT molecular complexity index is 1560. The Balaban J connectivity index is 1.20. The molecule has 6 rings (SSSR count). The second-order valence-corrected chi connectivity index (χ2v) is 10.3. The van der Waals surface area contributed by atoms with Gasteiger partial charge in [-0.15, -0.1) is 0 Å². The fourth-order valence-electron chi connectivity index (χ4n) is 5.09. The lowest BCUT2D eigenvalue weighted by Gasteiger charge is -2.16. The summed E-state index contributed by atoms with van der Waals surface area (Å²) >= 11 is 0. The van der Waals surface area contributed by atoms with E-state index in [9.17, 15) is 9.59 Å². The zero-order valence-electron chi connectivity index (χ0n) is 22.3. The molecule has 0 bridgehead atoms. The van der Waals surface area contributed by atoms with Crippen LogP contribution in [0.25, 0.3) is 22.3 Å². The van der Waals surface area contributed by atoms with Crippen LogP contribution in [0.15, 0.2) is 67.1 Å². The zero-order valence-corrected chi connectivity index (χ0v) is 22.3. The highest BCUT2D eigenvalue weighted by molar-refractivity contribution is 6.04. The molecular formula is C29H31N9O2. The van der Waals surface area contributed by atoms with Crippen molar-refractivity contribution in [2.45, 2.75) is 31.3 Å². The number of carbonyl (C=O) groups excluding carboxylic acids is 2. The molecule has 4 aromatic rings. The number of aromatic nitrogens is 5. The molecule has 0 spiro atoms. The van der Waals surface area contributed by atoms with Gasteiger partial charge >= 0.3 is 0 Å². The van der Waals surface area contributed by atoms with Crippen molar-refractivity contribution < 1.29 is 9.59 Å². The Labute approximate surface area is 231 Å². The topological polar surface area (TPSA) is 135 Å². The lowest BCUT2D eigenvalue weighted by Crippen LogP contribution is -2.28. The highest BCUT2D eigenvalue weighted by atomic mass is 16.2. The fourth-order valence-corrected chi connectivity index (χ4v) is 5.09. The van der Waals surface area contributed by atoms with E-state index >= 15 is 0 Å².